The topological polar surface area (TPSA) is 46.3 Å². The Bertz CT molecular complexity index is 800. The zero-order valence-electron chi connectivity index (χ0n) is 15.6. The highest BCUT2D eigenvalue weighted by molar-refractivity contribution is 9.10. The Hall–Kier alpha value is -1.65. The van der Waals surface area contributed by atoms with Gasteiger partial charge in [-0.2, -0.15) is 0 Å². The number of halogens is 1. The number of carbonyl (C=O) groups excluding carboxylic acids is 1. The largest absolute Gasteiger partial charge is 0.338 e. The first-order valence-electron chi connectivity index (χ1n) is 9.28. The molecule has 2 aromatic carbocycles. The average Bonchev–Trinajstić information content (AvgIpc) is 2.63. The van der Waals surface area contributed by atoms with Crippen molar-refractivity contribution in [2.45, 2.75) is 45.1 Å². The van der Waals surface area contributed by atoms with Gasteiger partial charge in [-0.15, -0.1) is 0 Å². The van der Waals surface area contributed by atoms with Gasteiger partial charge in [-0.3, -0.25) is 4.79 Å². The van der Waals surface area contributed by atoms with Crippen LogP contribution in [0.25, 0.3) is 0 Å². The fraction of sp³-hybridized carbons (Fsp3) is 0.409. The van der Waals surface area contributed by atoms with Crippen LogP contribution in [0.15, 0.2) is 46.9 Å². The average molecular weight is 415 g/mol. The second-order valence-corrected chi connectivity index (χ2v) is 8.65. The molecule has 3 rings (SSSR count). The summed E-state index contributed by atoms with van der Waals surface area (Å²) in [6.45, 7) is 6.60. The highest BCUT2D eigenvalue weighted by Gasteiger charge is 2.36. The summed E-state index contributed by atoms with van der Waals surface area (Å²) in [6.07, 6.45) is 3.09. The van der Waals surface area contributed by atoms with Gasteiger partial charge < -0.3 is 10.6 Å². The summed E-state index contributed by atoms with van der Waals surface area (Å²) in [5.41, 5.74) is 10.3. The molecule has 0 aliphatic carbocycles. The summed E-state index contributed by atoms with van der Waals surface area (Å²) in [4.78, 5) is 14.9. The molecule has 4 heteroatoms. The Morgan fingerprint density at radius 1 is 1.12 bits per heavy atom. The Morgan fingerprint density at radius 3 is 2.58 bits per heavy atom. The molecule has 1 aliphatic rings. The quantitative estimate of drug-likeness (QED) is 0.698. The molecule has 2 N–H and O–H groups in total. The van der Waals surface area contributed by atoms with Gasteiger partial charge >= 0.3 is 0 Å². The van der Waals surface area contributed by atoms with Crippen LogP contribution in [0.4, 0.5) is 0 Å². The number of benzene rings is 2. The van der Waals surface area contributed by atoms with E-state index in [1.165, 1.54) is 11.1 Å². The van der Waals surface area contributed by atoms with Crippen molar-refractivity contribution in [2.24, 2.45) is 5.73 Å². The van der Waals surface area contributed by atoms with Gasteiger partial charge in [-0.1, -0.05) is 54.0 Å². The smallest absolute Gasteiger partial charge is 0.254 e. The maximum Gasteiger partial charge on any atom is 0.254 e. The second kappa shape index (κ2) is 7.93. The van der Waals surface area contributed by atoms with Crippen molar-refractivity contribution >= 4 is 21.8 Å². The molecule has 0 unspecified atom stereocenters. The van der Waals surface area contributed by atoms with Crippen molar-refractivity contribution < 1.29 is 4.79 Å². The number of amides is 1. The first kappa shape index (κ1) is 19.1. The lowest BCUT2D eigenvalue weighted by Gasteiger charge is -2.39. The minimum absolute atomic E-state index is 0.0286. The van der Waals surface area contributed by atoms with E-state index in [1.807, 2.05) is 23.1 Å². The first-order chi connectivity index (χ1) is 12.4. The zero-order chi connectivity index (χ0) is 18.7. The number of carbonyl (C=O) groups is 1. The van der Waals surface area contributed by atoms with Gasteiger partial charge in [0.1, 0.15) is 0 Å². The van der Waals surface area contributed by atoms with Crippen LogP contribution in [0.3, 0.4) is 0 Å². The van der Waals surface area contributed by atoms with Crippen LogP contribution >= 0.6 is 15.9 Å². The van der Waals surface area contributed by atoms with E-state index in [2.05, 4.69) is 54.0 Å². The van der Waals surface area contributed by atoms with Crippen molar-refractivity contribution in [3.05, 3.63) is 69.2 Å². The number of unbranched alkanes of at least 4 members (excludes halogenated alkanes) is 1. The van der Waals surface area contributed by atoms with Crippen LogP contribution in [-0.4, -0.2) is 23.9 Å². The van der Waals surface area contributed by atoms with Crippen molar-refractivity contribution in [3.8, 4) is 0 Å². The van der Waals surface area contributed by atoms with E-state index in [4.69, 9.17) is 5.73 Å². The Morgan fingerprint density at radius 2 is 1.85 bits per heavy atom. The minimum Gasteiger partial charge on any atom is -0.338 e. The van der Waals surface area contributed by atoms with E-state index < -0.39 is 0 Å². The first-order valence-corrected chi connectivity index (χ1v) is 10.1. The van der Waals surface area contributed by atoms with Crippen LogP contribution in [0.1, 0.15) is 53.7 Å². The molecule has 1 amide bonds. The third-order valence-corrected chi connectivity index (χ3v) is 5.77. The molecule has 138 valence electrons. The summed E-state index contributed by atoms with van der Waals surface area (Å²) in [5.74, 6) is 0.161. The third kappa shape index (κ3) is 4.02. The number of nitrogens with two attached hydrogens (primary N) is 1. The normalized spacial score (nSPS) is 15.8. The molecule has 1 aliphatic heterocycles. The van der Waals surface area contributed by atoms with Crippen molar-refractivity contribution in [1.82, 2.24) is 4.90 Å². The fourth-order valence-corrected chi connectivity index (χ4v) is 4.23. The lowest BCUT2D eigenvalue weighted by Crippen LogP contribution is -2.47. The third-order valence-electron chi connectivity index (χ3n) is 5.28. The van der Waals surface area contributed by atoms with Crippen molar-refractivity contribution in [1.29, 1.82) is 0 Å². The van der Waals surface area contributed by atoms with Crippen LogP contribution in [0, 0.1) is 0 Å². The summed E-state index contributed by atoms with van der Waals surface area (Å²) in [5, 5.41) is 0. The molecule has 3 nitrogen and oxygen atoms in total. The second-order valence-electron chi connectivity index (χ2n) is 7.73. The number of rotatable bonds is 6. The molecule has 0 saturated carbocycles. The van der Waals surface area contributed by atoms with Crippen molar-refractivity contribution in [3.63, 3.8) is 0 Å². The van der Waals surface area contributed by atoms with Gasteiger partial charge in [0, 0.05) is 35.1 Å². The molecular formula is C22H27BrN2O. The molecule has 26 heavy (non-hydrogen) atoms. The highest BCUT2D eigenvalue weighted by atomic mass is 79.9. The maximum atomic E-state index is 12.9. The Balaban J connectivity index is 1.62. The summed E-state index contributed by atoms with van der Waals surface area (Å²) in [6, 6.07) is 14.4. The van der Waals surface area contributed by atoms with E-state index in [0.717, 1.165) is 48.0 Å². The van der Waals surface area contributed by atoms with E-state index >= 15 is 0 Å². The van der Waals surface area contributed by atoms with Crippen LogP contribution < -0.4 is 5.73 Å². The van der Waals surface area contributed by atoms with Crippen LogP contribution in [-0.2, 0) is 18.4 Å². The highest BCUT2D eigenvalue weighted by Crippen LogP contribution is 2.35. The number of hydrogen-bond donors (Lipinski definition) is 1. The Kier molecular flexibility index (Phi) is 5.83. The maximum absolute atomic E-state index is 12.9. The summed E-state index contributed by atoms with van der Waals surface area (Å²) < 4.78 is 1.03. The van der Waals surface area contributed by atoms with E-state index in [0.29, 0.717) is 6.54 Å². The molecule has 0 aromatic heterocycles. The number of nitrogens with zero attached hydrogens (tertiary/aromatic N) is 1. The minimum atomic E-state index is -0.0286. The molecule has 0 spiro atoms. The van der Waals surface area contributed by atoms with Crippen molar-refractivity contribution in [2.75, 3.05) is 13.1 Å². The van der Waals surface area contributed by atoms with Gasteiger partial charge in [0.2, 0.25) is 0 Å². The number of fused-ring (bicyclic) bond motifs is 1. The SMILES string of the molecule is CC1(C)CN(CCCCc2ccccc2CN)C(=O)c2ccc(Br)cc21. The molecule has 0 bridgehead atoms. The predicted molar refractivity (Wildman–Crippen MR) is 110 cm³/mol. The van der Waals surface area contributed by atoms with Gasteiger partial charge in [0.25, 0.3) is 5.91 Å². The van der Waals surface area contributed by atoms with E-state index in [1.54, 1.807) is 0 Å². The summed E-state index contributed by atoms with van der Waals surface area (Å²) >= 11 is 3.53. The molecule has 0 radical (unpaired) electrons. The molecule has 2 aromatic rings. The van der Waals surface area contributed by atoms with Gasteiger partial charge in [0.15, 0.2) is 0 Å². The van der Waals surface area contributed by atoms with Crippen LogP contribution in [0.2, 0.25) is 0 Å². The molecular weight excluding hydrogens is 388 g/mol. The fourth-order valence-electron chi connectivity index (χ4n) is 3.87. The predicted octanol–water partition coefficient (Wildman–Crippen LogP) is 4.66. The monoisotopic (exact) mass is 414 g/mol. The van der Waals surface area contributed by atoms with Gasteiger partial charge in [-0.05, 0) is 54.2 Å². The molecule has 0 fully saturated rings. The number of hydrogen-bond acceptors (Lipinski definition) is 2. The van der Waals surface area contributed by atoms with Gasteiger partial charge in [-0.25, -0.2) is 0 Å². The lowest BCUT2D eigenvalue weighted by molar-refractivity contribution is 0.0685. The molecule has 1 heterocycles. The van der Waals surface area contributed by atoms with E-state index in [9.17, 15) is 4.79 Å². The molecule has 0 atom stereocenters. The number of aryl methyl sites for hydroxylation is 1. The Labute approximate surface area is 164 Å². The van der Waals surface area contributed by atoms with Gasteiger partial charge in [0.05, 0.1) is 0 Å². The van der Waals surface area contributed by atoms with Crippen LogP contribution in [0.5, 0.6) is 0 Å². The zero-order valence-corrected chi connectivity index (χ0v) is 17.2. The van der Waals surface area contributed by atoms with E-state index in [-0.39, 0.29) is 11.3 Å². The standard InChI is InChI=1S/C22H27BrN2O/c1-22(2)15-25(21(26)19-11-10-18(23)13-20(19)22)12-6-5-8-16-7-3-4-9-17(16)14-24/h3-4,7,9-11,13H,5-6,8,12,14-15,24H2,1-2H3. The summed E-state index contributed by atoms with van der Waals surface area (Å²) in [7, 11) is 0. The molecule has 0 saturated heterocycles. The lowest BCUT2D eigenvalue weighted by atomic mass is 9.78.